The predicted octanol–water partition coefficient (Wildman–Crippen LogP) is 1.72. The van der Waals surface area contributed by atoms with Gasteiger partial charge >= 0.3 is 5.97 Å². The number of carboxylic acids is 1. The fourth-order valence-corrected chi connectivity index (χ4v) is 1.62. The van der Waals surface area contributed by atoms with E-state index in [4.69, 9.17) is 9.84 Å². The molecule has 1 heterocycles. The number of rotatable bonds is 2. The smallest absolute Gasteiger partial charge is 0.335 e. The van der Waals surface area contributed by atoms with Crippen molar-refractivity contribution in [3.05, 3.63) is 35.9 Å². The van der Waals surface area contributed by atoms with Gasteiger partial charge in [0.25, 0.3) is 0 Å². The number of aliphatic carboxylic acids is 1. The fourth-order valence-electron chi connectivity index (χ4n) is 1.62. The van der Waals surface area contributed by atoms with Gasteiger partial charge < -0.3 is 9.84 Å². The van der Waals surface area contributed by atoms with Crippen molar-refractivity contribution in [2.75, 3.05) is 6.61 Å². The average Bonchev–Trinajstić information content (AvgIpc) is 2.63. The van der Waals surface area contributed by atoms with Crippen LogP contribution >= 0.6 is 0 Å². The Morgan fingerprint density at radius 3 is 3.00 bits per heavy atom. The second kappa shape index (κ2) is 3.18. The van der Waals surface area contributed by atoms with Crippen molar-refractivity contribution in [2.24, 2.45) is 0 Å². The van der Waals surface area contributed by atoms with E-state index in [0.717, 1.165) is 17.7 Å². The Kier molecular flexibility index (Phi) is 2.00. The number of hydrogen-bond donors (Lipinski definition) is 1. The Balaban J connectivity index is 2.49. The van der Waals surface area contributed by atoms with Gasteiger partial charge in [0.15, 0.2) is 0 Å². The molecule has 0 aliphatic carbocycles. The molecule has 0 saturated carbocycles. The summed E-state index contributed by atoms with van der Waals surface area (Å²) in [5, 5.41) is 8.83. The molecule has 0 saturated heterocycles. The van der Waals surface area contributed by atoms with Crippen LogP contribution in [0.2, 0.25) is 0 Å². The second-order valence-electron chi connectivity index (χ2n) is 3.16. The Labute approximate surface area is 81.6 Å². The van der Waals surface area contributed by atoms with Crippen LogP contribution in [0.15, 0.2) is 24.8 Å². The first-order valence-electron chi connectivity index (χ1n) is 4.37. The number of benzene rings is 1. The van der Waals surface area contributed by atoms with E-state index >= 15 is 0 Å². The molecule has 1 aliphatic heterocycles. The summed E-state index contributed by atoms with van der Waals surface area (Å²) in [5.74, 6) is -0.199. The molecule has 0 radical (unpaired) electrons. The van der Waals surface area contributed by atoms with Crippen molar-refractivity contribution in [3.8, 4) is 5.75 Å². The molecule has 3 nitrogen and oxygen atoms in total. The maximum Gasteiger partial charge on any atom is 0.335 e. The van der Waals surface area contributed by atoms with Gasteiger partial charge in [0, 0.05) is 12.0 Å². The van der Waals surface area contributed by atoms with Crippen LogP contribution in [0.5, 0.6) is 5.75 Å². The third-order valence-electron chi connectivity index (χ3n) is 2.33. The van der Waals surface area contributed by atoms with Gasteiger partial charge in [-0.3, -0.25) is 0 Å². The maximum atomic E-state index is 10.8. The third-order valence-corrected chi connectivity index (χ3v) is 2.33. The molecule has 72 valence electrons. The van der Waals surface area contributed by atoms with Crippen LogP contribution in [-0.2, 0) is 11.2 Å². The first kappa shape index (κ1) is 8.81. The molecule has 3 heteroatoms. The molecule has 0 aromatic heterocycles. The fraction of sp³-hybridized carbons (Fsp3) is 0.182. The molecule has 0 amide bonds. The number of ether oxygens (including phenoxy) is 1. The van der Waals surface area contributed by atoms with Gasteiger partial charge in [-0.2, -0.15) is 0 Å². The Hall–Kier alpha value is -1.77. The van der Waals surface area contributed by atoms with Crippen molar-refractivity contribution in [1.82, 2.24) is 0 Å². The zero-order valence-corrected chi connectivity index (χ0v) is 7.62. The van der Waals surface area contributed by atoms with E-state index < -0.39 is 5.97 Å². The van der Waals surface area contributed by atoms with Gasteiger partial charge in [0.05, 0.1) is 12.2 Å². The highest BCUT2D eigenvalue weighted by Gasteiger charge is 2.19. The Bertz CT molecular complexity index is 407. The molecular weight excluding hydrogens is 180 g/mol. The van der Waals surface area contributed by atoms with Crippen molar-refractivity contribution in [3.63, 3.8) is 0 Å². The van der Waals surface area contributed by atoms with E-state index in [9.17, 15) is 4.79 Å². The van der Waals surface area contributed by atoms with Crippen LogP contribution < -0.4 is 4.74 Å². The van der Waals surface area contributed by atoms with Gasteiger partial charge in [-0.15, -0.1) is 0 Å². The van der Waals surface area contributed by atoms with Gasteiger partial charge in [-0.05, 0) is 11.6 Å². The van der Waals surface area contributed by atoms with Crippen LogP contribution in [0, 0.1) is 0 Å². The van der Waals surface area contributed by atoms with Crippen molar-refractivity contribution < 1.29 is 14.6 Å². The van der Waals surface area contributed by atoms with E-state index in [1.807, 2.05) is 6.07 Å². The third kappa shape index (κ3) is 1.27. The van der Waals surface area contributed by atoms with Gasteiger partial charge in [0.2, 0.25) is 0 Å². The SMILES string of the molecule is C=C(C(=O)O)c1cccc2c1CCO2. The molecule has 1 aliphatic rings. The summed E-state index contributed by atoms with van der Waals surface area (Å²) in [6.45, 7) is 4.17. The van der Waals surface area contributed by atoms with Crippen LogP contribution in [0.4, 0.5) is 0 Å². The predicted molar refractivity (Wildman–Crippen MR) is 52.3 cm³/mol. The minimum atomic E-state index is -0.981. The molecule has 0 spiro atoms. The summed E-state index contributed by atoms with van der Waals surface area (Å²) in [6, 6.07) is 5.40. The highest BCUT2D eigenvalue weighted by molar-refractivity contribution is 6.15. The Morgan fingerprint density at radius 1 is 1.50 bits per heavy atom. The van der Waals surface area contributed by atoms with Crippen LogP contribution in [-0.4, -0.2) is 17.7 Å². The van der Waals surface area contributed by atoms with Gasteiger partial charge in [0.1, 0.15) is 5.75 Å². The van der Waals surface area contributed by atoms with E-state index in [2.05, 4.69) is 6.58 Å². The average molecular weight is 190 g/mol. The quantitative estimate of drug-likeness (QED) is 0.722. The van der Waals surface area contributed by atoms with Crippen LogP contribution in [0.3, 0.4) is 0 Å². The first-order valence-corrected chi connectivity index (χ1v) is 4.37. The normalized spacial score (nSPS) is 13.1. The minimum Gasteiger partial charge on any atom is -0.493 e. The summed E-state index contributed by atoms with van der Waals surface area (Å²) >= 11 is 0. The highest BCUT2D eigenvalue weighted by Crippen LogP contribution is 2.31. The first-order chi connectivity index (χ1) is 6.70. The molecular formula is C11H10O3. The van der Waals surface area contributed by atoms with Crippen molar-refractivity contribution >= 4 is 11.5 Å². The molecule has 2 rings (SSSR count). The topological polar surface area (TPSA) is 46.5 Å². The van der Waals surface area contributed by atoms with Crippen molar-refractivity contribution in [2.45, 2.75) is 6.42 Å². The lowest BCUT2D eigenvalue weighted by Gasteiger charge is -2.05. The monoisotopic (exact) mass is 190 g/mol. The van der Waals surface area contributed by atoms with E-state index in [1.54, 1.807) is 12.1 Å². The molecule has 0 bridgehead atoms. The van der Waals surface area contributed by atoms with E-state index in [0.29, 0.717) is 12.2 Å². The maximum absolute atomic E-state index is 10.8. The summed E-state index contributed by atoms with van der Waals surface area (Å²) in [4.78, 5) is 10.8. The largest absolute Gasteiger partial charge is 0.493 e. The molecule has 0 unspecified atom stereocenters. The van der Waals surface area contributed by atoms with Crippen LogP contribution in [0.1, 0.15) is 11.1 Å². The molecule has 1 aromatic carbocycles. The summed E-state index contributed by atoms with van der Waals surface area (Å²) in [7, 11) is 0. The highest BCUT2D eigenvalue weighted by atomic mass is 16.5. The molecule has 0 atom stereocenters. The number of carbonyl (C=O) groups is 1. The zero-order chi connectivity index (χ0) is 10.1. The Morgan fingerprint density at radius 2 is 2.29 bits per heavy atom. The summed E-state index contributed by atoms with van der Waals surface area (Å²) in [6.07, 6.45) is 0.762. The molecule has 1 N–H and O–H groups in total. The summed E-state index contributed by atoms with van der Waals surface area (Å²) in [5.41, 5.74) is 1.78. The summed E-state index contributed by atoms with van der Waals surface area (Å²) < 4.78 is 5.33. The standard InChI is InChI=1S/C11H10O3/c1-7(11(12)13)8-3-2-4-10-9(8)5-6-14-10/h2-4H,1,5-6H2,(H,12,13). The lowest BCUT2D eigenvalue weighted by atomic mass is 9.99. The van der Waals surface area contributed by atoms with Gasteiger partial charge in [-0.25, -0.2) is 4.79 Å². The number of hydrogen-bond acceptors (Lipinski definition) is 2. The minimum absolute atomic E-state index is 0.132. The van der Waals surface area contributed by atoms with E-state index in [-0.39, 0.29) is 5.57 Å². The number of fused-ring (bicyclic) bond motifs is 1. The van der Waals surface area contributed by atoms with Gasteiger partial charge in [-0.1, -0.05) is 18.7 Å². The van der Waals surface area contributed by atoms with Crippen molar-refractivity contribution in [1.29, 1.82) is 0 Å². The molecule has 0 fully saturated rings. The molecule has 1 aromatic rings. The number of carboxylic acid groups (broad SMARTS) is 1. The zero-order valence-electron chi connectivity index (χ0n) is 7.62. The van der Waals surface area contributed by atoms with E-state index in [1.165, 1.54) is 0 Å². The second-order valence-corrected chi connectivity index (χ2v) is 3.16. The van der Waals surface area contributed by atoms with Crippen LogP contribution in [0.25, 0.3) is 5.57 Å². The lowest BCUT2D eigenvalue weighted by Crippen LogP contribution is -2.00. The molecule has 14 heavy (non-hydrogen) atoms. The lowest BCUT2D eigenvalue weighted by molar-refractivity contribution is -0.130.